The standard InChI is InChI=1S/C26H22ClN3O2S/c1-2-31-20-12-10-19(11-13-20)30-25(24(29-26(30)33)21-5-3-4-16-28-21)23-15-14-22(32-23)17-6-8-18(27)9-7-17/h3-16,24-25H,2H2,1H3,(H,29,33)/t24-,25-/m0/s1. The van der Waals surface area contributed by atoms with Crippen molar-refractivity contribution in [2.24, 2.45) is 0 Å². The fourth-order valence-corrected chi connectivity index (χ4v) is 4.54. The number of hydrogen-bond donors (Lipinski definition) is 1. The van der Waals surface area contributed by atoms with Gasteiger partial charge in [-0.2, -0.15) is 0 Å². The number of nitrogens with one attached hydrogen (secondary N) is 1. The molecule has 0 bridgehead atoms. The number of halogens is 1. The van der Waals surface area contributed by atoms with Crippen molar-refractivity contribution in [1.82, 2.24) is 10.3 Å². The summed E-state index contributed by atoms with van der Waals surface area (Å²) >= 11 is 11.8. The summed E-state index contributed by atoms with van der Waals surface area (Å²) in [5.41, 5.74) is 2.80. The van der Waals surface area contributed by atoms with Gasteiger partial charge in [-0.05, 0) is 91.9 Å². The van der Waals surface area contributed by atoms with Crippen LogP contribution in [-0.4, -0.2) is 16.7 Å². The fraction of sp³-hybridized carbons (Fsp3) is 0.154. The SMILES string of the molecule is CCOc1ccc(N2C(=S)N[C@@H](c3ccccn3)[C@@H]2c2ccc(-c3ccc(Cl)cc3)o2)cc1. The molecule has 1 aliphatic rings. The summed E-state index contributed by atoms with van der Waals surface area (Å²) in [7, 11) is 0. The lowest BCUT2D eigenvalue weighted by Gasteiger charge is -2.26. The Balaban J connectivity index is 1.55. The van der Waals surface area contributed by atoms with Crippen LogP contribution >= 0.6 is 23.8 Å². The minimum atomic E-state index is -0.216. The van der Waals surface area contributed by atoms with Crippen LogP contribution in [-0.2, 0) is 0 Å². The van der Waals surface area contributed by atoms with E-state index in [4.69, 9.17) is 33.0 Å². The smallest absolute Gasteiger partial charge is 0.174 e. The molecule has 33 heavy (non-hydrogen) atoms. The van der Waals surface area contributed by atoms with E-state index < -0.39 is 0 Å². The van der Waals surface area contributed by atoms with Gasteiger partial charge < -0.3 is 19.4 Å². The van der Waals surface area contributed by atoms with Gasteiger partial charge in [0.05, 0.1) is 18.3 Å². The Morgan fingerprint density at radius 1 is 1.03 bits per heavy atom. The number of aromatic nitrogens is 1. The van der Waals surface area contributed by atoms with Crippen molar-refractivity contribution in [2.45, 2.75) is 19.0 Å². The van der Waals surface area contributed by atoms with E-state index >= 15 is 0 Å². The Morgan fingerprint density at radius 2 is 1.82 bits per heavy atom. The number of nitrogens with zero attached hydrogens (tertiary/aromatic N) is 2. The molecule has 5 rings (SSSR count). The van der Waals surface area contributed by atoms with E-state index in [0.29, 0.717) is 16.7 Å². The van der Waals surface area contributed by atoms with Crippen LogP contribution in [0.2, 0.25) is 5.02 Å². The number of thiocarbonyl (C=S) groups is 1. The Labute approximate surface area is 203 Å². The molecule has 1 N–H and O–H groups in total. The van der Waals surface area contributed by atoms with Gasteiger partial charge in [0.25, 0.3) is 0 Å². The van der Waals surface area contributed by atoms with Crippen LogP contribution < -0.4 is 15.0 Å². The van der Waals surface area contributed by atoms with Crippen LogP contribution in [0.3, 0.4) is 0 Å². The second kappa shape index (κ2) is 9.25. The number of ether oxygens (including phenoxy) is 1. The molecule has 5 nitrogen and oxygen atoms in total. The van der Waals surface area contributed by atoms with E-state index in [0.717, 1.165) is 34.2 Å². The maximum absolute atomic E-state index is 6.37. The highest BCUT2D eigenvalue weighted by molar-refractivity contribution is 7.80. The Bertz CT molecular complexity index is 1240. The van der Waals surface area contributed by atoms with Crippen LogP contribution in [0.5, 0.6) is 5.75 Å². The molecule has 3 heterocycles. The number of hydrogen-bond acceptors (Lipinski definition) is 4. The van der Waals surface area contributed by atoms with Crippen molar-refractivity contribution in [3.63, 3.8) is 0 Å². The average molecular weight is 476 g/mol. The minimum absolute atomic E-state index is 0.172. The molecule has 166 valence electrons. The van der Waals surface area contributed by atoms with Gasteiger partial charge in [0.15, 0.2) is 5.11 Å². The van der Waals surface area contributed by atoms with Crippen molar-refractivity contribution < 1.29 is 9.15 Å². The van der Waals surface area contributed by atoms with Gasteiger partial charge >= 0.3 is 0 Å². The third-order valence-corrected chi connectivity index (χ3v) is 6.14. The Kier molecular flexibility index (Phi) is 6.03. The van der Waals surface area contributed by atoms with Crippen LogP contribution in [0, 0.1) is 0 Å². The molecule has 0 aliphatic carbocycles. The summed E-state index contributed by atoms with van der Waals surface area (Å²) in [6.45, 7) is 2.59. The number of pyridine rings is 1. The summed E-state index contributed by atoms with van der Waals surface area (Å²) in [6.07, 6.45) is 1.79. The van der Waals surface area contributed by atoms with E-state index in [9.17, 15) is 0 Å². The molecule has 0 radical (unpaired) electrons. The molecule has 2 aromatic heterocycles. The van der Waals surface area contributed by atoms with Crippen molar-refractivity contribution >= 4 is 34.6 Å². The topological polar surface area (TPSA) is 50.5 Å². The maximum Gasteiger partial charge on any atom is 0.174 e. The second-order valence-electron chi connectivity index (χ2n) is 7.63. The van der Waals surface area contributed by atoms with Gasteiger partial charge in [-0.1, -0.05) is 17.7 Å². The van der Waals surface area contributed by atoms with Gasteiger partial charge in [0.2, 0.25) is 0 Å². The number of anilines is 1. The highest BCUT2D eigenvalue weighted by atomic mass is 35.5. The number of rotatable bonds is 6. The van der Waals surface area contributed by atoms with E-state index in [2.05, 4.69) is 15.2 Å². The Hall–Kier alpha value is -3.35. The summed E-state index contributed by atoms with van der Waals surface area (Å²) in [5.74, 6) is 2.38. The fourth-order valence-electron chi connectivity index (χ4n) is 4.07. The Morgan fingerprint density at radius 3 is 2.52 bits per heavy atom. The molecule has 2 atom stereocenters. The first-order valence-electron chi connectivity index (χ1n) is 10.7. The van der Waals surface area contributed by atoms with E-state index in [1.165, 1.54) is 0 Å². The highest BCUT2D eigenvalue weighted by Crippen LogP contribution is 2.43. The highest BCUT2D eigenvalue weighted by Gasteiger charge is 2.42. The minimum Gasteiger partial charge on any atom is -0.494 e. The molecule has 0 unspecified atom stereocenters. The van der Waals surface area contributed by atoms with E-state index in [-0.39, 0.29) is 12.1 Å². The quantitative estimate of drug-likeness (QED) is 0.318. The van der Waals surface area contributed by atoms with E-state index in [1.807, 2.05) is 85.8 Å². The first-order chi connectivity index (χ1) is 16.1. The van der Waals surface area contributed by atoms with Crippen LogP contribution in [0.1, 0.15) is 30.5 Å². The van der Waals surface area contributed by atoms with E-state index in [1.54, 1.807) is 6.20 Å². The molecular formula is C26H22ClN3O2S. The molecule has 0 spiro atoms. The summed E-state index contributed by atoms with van der Waals surface area (Å²) in [6, 6.07) is 25.0. The molecule has 1 fully saturated rings. The van der Waals surface area contributed by atoms with Gasteiger partial charge in [-0.25, -0.2) is 0 Å². The number of benzene rings is 2. The van der Waals surface area contributed by atoms with Crippen molar-refractivity contribution in [3.8, 4) is 17.1 Å². The monoisotopic (exact) mass is 475 g/mol. The predicted octanol–water partition coefficient (Wildman–Crippen LogP) is 6.57. The van der Waals surface area contributed by atoms with Crippen molar-refractivity contribution in [1.29, 1.82) is 0 Å². The van der Waals surface area contributed by atoms with Crippen LogP contribution in [0.4, 0.5) is 5.69 Å². The van der Waals surface area contributed by atoms with Gasteiger partial charge in [0.1, 0.15) is 23.3 Å². The summed E-state index contributed by atoms with van der Waals surface area (Å²) in [4.78, 5) is 6.67. The average Bonchev–Trinajstić information content (AvgIpc) is 3.46. The molecule has 1 aliphatic heterocycles. The molecular weight excluding hydrogens is 454 g/mol. The van der Waals surface area contributed by atoms with Crippen molar-refractivity contribution in [2.75, 3.05) is 11.5 Å². The summed E-state index contributed by atoms with van der Waals surface area (Å²) < 4.78 is 12.0. The first kappa shape index (κ1) is 21.5. The normalized spacial score (nSPS) is 17.8. The molecule has 0 amide bonds. The lowest BCUT2D eigenvalue weighted by molar-refractivity contribution is 0.340. The lowest BCUT2D eigenvalue weighted by atomic mass is 10.0. The second-order valence-corrected chi connectivity index (χ2v) is 8.46. The zero-order chi connectivity index (χ0) is 22.8. The molecule has 7 heteroatoms. The van der Waals surface area contributed by atoms with Gasteiger partial charge in [-0.3, -0.25) is 4.98 Å². The molecule has 4 aromatic rings. The van der Waals surface area contributed by atoms with Gasteiger partial charge in [-0.15, -0.1) is 0 Å². The zero-order valence-electron chi connectivity index (χ0n) is 17.9. The molecule has 2 aromatic carbocycles. The lowest BCUT2D eigenvalue weighted by Crippen LogP contribution is -2.29. The van der Waals surface area contributed by atoms with Crippen molar-refractivity contribution in [3.05, 3.63) is 102 Å². The first-order valence-corrected chi connectivity index (χ1v) is 11.5. The van der Waals surface area contributed by atoms with Gasteiger partial charge in [0, 0.05) is 22.5 Å². The largest absolute Gasteiger partial charge is 0.494 e. The third-order valence-electron chi connectivity index (χ3n) is 5.57. The molecule has 0 saturated carbocycles. The summed E-state index contributed by atoms with van der Waals surface area (Å²) in [5, 5.41) is 4.75. The maximum atomic E-state index is 6.37. The van der Waals surface area contributed by atoms with Crippen LogP contribution in [0.15, 0.2) is 89.5 Å². The third kappa shape index (κ3) is 4.32. The number of furan rings is 1. The predicted molar refractivity (Wildman–Crippen MR) is 135 cm³/mol. The van der Waals surface area contributed by atoms with Crippen LogP contribution in [0.25, 0.3) is 11.3 Å². The molecule has 1 saturated heterocycles. The zero-order valence-corrected chi connectivity index (χ0v) is 19.5.